The van der Waals surface area contributed by atoms with Gasteiger partial charge in [0.25, 0.3) is 0 Å². The molecule has 16 heavy (non-hydrogen) atoms. The third-order valence-electron chi connectivity index (χ3n) is 2.94. The van der Waals surface area contributed by atoms with Crippen molar-refractivity contribution >= 4 is 22.4 Å². The molecule has 98 valence electrons. The van der Waals surface area contributed by atoms with Gasteiger partial charge in [-0.2, -0.15) is 0 Å². The van der Waals surface area contributed by atoms with Gasteiger partial charge in [-0.3, -0.25) is 4.39 Å². The van der Waals surface area contributed by atoms with Crippen molar-refractivity contribution in [3.05, 3.63) is 0 Å². The standard InChI is InChI=1S/C9H19FN2O2S.ClH/c1-9(7-11)3-5-12(8-9)15(13,14)6-2-4-10;/h2-8,11H2,1H3;1H. The lowest BCUT2D eigenvalue weighted by Gasteiger charge is -2.22. The average molecular weight is 275 g/mol. The van der Waals surface area contributed by atoms with Gasteiger partial charge in [0.15, 0.2) is 0 Å². The summed E-state index contributed by atoms with van der Waals surface area (Å²) in [5, 5.41) is 0. The molecular formula is C9H20ClFN2O2S. The number of halogens is 2. The maximum atomic E-state index is 11.9. The second-order valence-corrected chi connectivity index (χ2v) is 6.55. The van der Waals surface area contributed by atoms with Gasteiger partial charge in [0.05, 0.1) is 12.4 Å². The molecule has 1 rings (SSSR count). The van der Waals surface area contributed by atoms with E-state index in [-0.39, 0.29) is 30.0 Å². The van der Waals surface area contributed by atoms with Crippen molar-refractivity contribution in [3.8, 4) is 0 Å². The van der Waals surface area contributed by atoms with E-state index in [1.807, 2.05) is 6.92 Å². The fourth-order valence-corrected chi connectivity index (χ4v) is 3.36. The Morgan fingerprint density at radius 2 is 2.12 bits per heavy atom. The highest BCUT2D eigenvalue weighted by Crippen LogP contribution is 2.30. The van der Waals surface area contributed by atoms with Crippen LogP contribution in [0.4, 0.5) is 4.39 Å². The van der Waals surface area contributed by atoms with Crippen molar-refractivity contribution < 1.29 is 12.8 Å². The van der Waals surface area contributed by atoms with Crippen LogP contribution >= 0.6 is 12.4 Å². The Kier molecular flexibility index (Phi) is 6.17. The largest absolute Gasteiger partial charge is 0.330 e. The zero-order valence-corrected chi connectivity index (χ0v) is 11.1. The number of rotatable bonds is 5. The zero-order valence-electron chi connectivity index (χ0n) is 9.49. The van der Waals surface area contributed by atoms with Crippen molar-refractivity contribution in [2.75, 3.05) is 32.1 Å². The second-order valence-electron chi connectivity index (χ2n) is 4.46. The van der Waals surface area contributed by atoms with Crippen LogP contribution < -0.4 is 5.73 Å². The molecule has 2 N–H and O–H groups in total. The Morgan fingerprint density at radius 3 is 2.56 bits per heavy atom. The number of hydrogen-bond acceptors (Lipinski definition) is 3. The molecule has 0 amide bonds. The third-order valence-corrected chi connectivity index (χ3v) is 4.85. The van der Waals surface area contributed by atoms with Crippen LogP contribution in [0.5, 0.6) is 0 Å². The predicted molar refractivity (Wildman–Crippen MR) is 65.0 cm³/mol. The number of nitrogens with two attached hydrogens (primary N) is 1. The van der Waals surface area contributed by atoms with E-state index in [0.717, 1.165) is 6.42 Å². The molecule has 0 bridgehead atoms. The Hall–Kier alpha value is 0.0900. The molecule has 4 nitrogen and oxygen atoms in total. The average Bonchev–Trinajstić information content (AvgIpc) is 2.60. The van der Waals surface area contributed by atoms with Crippen LogP contribution in [-0.2, 0) is 10.0 Å². The minimum atomic E-state index is -3.27. The molecule has 0 aromatic rings. The Balaban J connectivity index is 0.00000225. The van der Waals surface area contributed by atoms with Crippen LogP contribution in [-0.4, -0.2) is 44.8 Å². The summed E-state index contributed by atoms with van der Waals surface area (Å²) in [7, 11) is -3.27. The maximum absolute atomic E-state index is 11.9. The van der Waals surface area contributed by atoms with Crippen molar-refractivity contribution in [1.82, 2.24) is 4.31 Å². The minimum Gasteiger partial charge on any atom is -0.330 e. The number of hydrogen-bond donors (Lipinski definition) is 1. The lowest BCUT2D eigenvalue weighted by atomic mass is 9.90. The van der Waals surface area contributed by atoms with Gasteiger partial charge in [-0.05, 0) is 24.8 Å². The highest BCUT2D eigenvalue weighted by molar-refractivity contribution is 7.89. The first-order valence-electron chi connectivity index (χ1n) is 5.17. The topological polar surface area (TPSA) is 63.4 Å². The molecule has 1 heterocycles. The normalized spacial score (nSPS) is 26.7. The highest BCUT2D eigenvalue weighted by Gasteiger charge is 2.37. The SMILES string of the molecule is CC1(CN)CCN(S(=O)(=O)CCCF)C1.Cl. The Labute approximate surface area is 103 Å². The number of nitrogens with zero attached hydrogens (tertiary/aromatic N) is 1. The third kappa shape index (κ3) is 3.84. The van der Waals surface area contributed by atoms with E-state index in [4.69, 9.17) is 5.73 Å². The summed E-state index contributed by atoms with van der Waals surface area (Å²) >= 11 is 0. The lowest BCUT2D eigenvalue weighted by molar-refractivity contribution is 0.349. The zero-order chi connectivity index (χ0) is 11.5. The molecule has 0 aliphatic carbocycles. The number of alkyl halides is 1. The summed E-state index contributed by atoms with van der Waals surface area (Å²) in [4.78, 5) is 0. The molecule has 0 aromatic carbocycles. The van der Waals surface area contributed by atoms with E-state index < -0.39 is 16.7 Å². The summed E-state index contributed by atoms with van der Waals surface area (Å²) in [5.74, 6) is -0.0931. The van der Waals surface area contributed by atoms with Gasteiger partial charge < -0.3 is 5.73 Å². The van der Waals surface area contributed by atoms with Gasteiger partial charge in [0.1, 0.15) is 0 Å². The molecule has 1 aliphatic heterocycles. The molecular weight excluding hydrogens is 255 g/mol. The van der Waals surface area contributed by atoms with Crippen molar-refractivity contribution in [3.63, 3.8) is 0 Å². The molecule has 7 heteroatoms. The van der Waals surface area contributed by atoms with Crippen molar-refractivity contribution in [2.24, 2.45) is 11.1 Å². The maximum Gasteiger partial charge on any atom is 0.214 e. The fraction of sp³-hybridized carbons (Fsp3) is 1.00. The smallest absolute Gasteiger partial charge is 0.214 e. The van der Waals surface area contributed by atoms with Crippen molar-refractivity contribution in [2.45, 2.75) is 19.8 Å². The van der Waals surface area contributed by atoms with Gasteiger partial charge in [-0.15, -0.1) is 12.4 Å². The van der Waals surface area contributed by atoms with E-state index in [9.17, 15) is 12.8 Å². The van der Waals surface area contributed by atoms with Gasteiger partial charge in [0.2, 0.25) is 10.0 Å². The van der Waals surface area contributed by atoms with Crippen LogP contribution in [0, 0.1) is 5.41 Å². The van der Waals surface area contributed by atoms with E-state index in [1.54, 1.807) is 0 Å². The first-order chi connectivity index (χ1) is 6.93. The fourth-order valence-electron chi connectivity index (χ4n) is 1.75. The van der Waals surface area contributed by atoms with Crippen LogP contribution in [0.25, 0.3) is 0 Å². The summed E-state index contributed by atoms with van der Waals surface area (Å²) in [6.45, 7) is 2.88. The molecule has 1 saturated heterocycles. The van der Waals surface area contributed by atoms with Crippen LogP contribution in [0.1, 0.15) is 19.8 Å². The van der Waals surface area contributed by atoms with E-state index >= 15 is 0 Å². The van der Waals surface area contributed by atoms with E-state index in [0.29, 0.717) is 19.6 Å². The molecule has 0 spiro atoms. The first-order valence-corrected chi connectivity index (χ1v) is 6.78. The monoisotopic (exact) mass is 274 g/mol. The van der Waals surface area contributed by atoms with Crippen LogP contribution in [0.15, 0.2) is 0 Å². The van der Waals surface area contributed by atoms with Crippen LogP contribution in [0.3, 0.4) is 0 Å². The van der Waals surface area contributed by atoms with Crippen molar-refractivity contribution in [1.29, 1.82) is 0 Å². The van der Waals surface area contributed by atoms with E-state index in [1.165, 1.54) is 4.31 Å². The van der Waals surface area contributed by atoms with Gasteiger partial charge >= 0.3 is 0 Å². The summed E-state index contributed by atoms with van der Waals surface area (Å²) in [6.07, 6.45) is 0.872. The summed E-state index contributed by atoms with van der Waals surface area (Å²) < 4.78 is 36.8. The first kappa shape index (κ1) is 16.1. The predicted octanol–water partition coefficient (Wildman–Crippen LogP) is 0.768. The Morgan fingerprint density at radius 1 is 1.50 bits per heavy atom. The summed E-state index contributed by atoms with van der Waals surface area (Å²) in [6, 6.07) is 0. The molecule has 0 aromatic heterocycles. The van der Waals surface area contributed by atoms with Gasteiger partial charge in [-0.1, -0.05) is 6.92 Å². The lowest BCUT2D eigenvalue weighted by Crippen LogP contribution is -2.35. The van der Waals surface area contributed by atoms with Gasteiger partial charge in [-0.25, -0.2) is 12.7 Å². The molecule has 1 fully saturated rings. The van der Waals surface area contributed by atoms with Gasteiger partial charge in [0, 0.05) is 13.1 Å². The molecule has 0 saturated carbocycles. The highest BCUT2D eigenvalue weighted by atomic mass is 35.5. The van der Waals surface area contributed by atoms with E-state index in [2.05, 4.69) is 0 Å². The summed E-state index contributed by atoms with van der Waals surface area (Å²) in [5.41, 5.74) is 5.48. The Bertz CT molecular complexity index is 313. The molecule has 1 unspecified atom stereocenters. The van der Waals surface area contributed by atoms with Crippen LogP contribution in [0.2, 0.25) is 0 Å². The minimum absolute atomic E-state index is 0. The number of sulfonamides is 1. The second kappa shape index (κ2) is 6.14. The molecule has 1 atom stereocenters. The molecule has 1 aliphatic rings. The quantitative estimate of drug-likeness (QED) is 0.805. The molecule has 0 radical (unpaired) electrons.